The van der Waals surface area contributed by atoms with E-state index in [1.165, 1.54) is 17.3 Å². The average molecular weight is 278 g/mol. The van der Waals surface area contributed by atoms with Gasteiger partial charge in [0.25, 0.3) is 5.95 Å². The summed E-state index contributed by atoms with van der Waals surface area (Å²) in [5.74, 6) is 1.00. The predicted octanol–water partition coefficient (Wildman–Crippen LogP) is -0.103. The zero-order chi connectivity index (χ0) is 14.4. The maximum absolute atomic E-state index is 5.73. The van der Waals surface area contributed by atoms with Crippen LogP contribution in [0.1, 0.15) is 13.8 Å². The Morgan fingerprint density at radius 3 is 2.80 bits per heavy atom. The highest BCUT2D eigenvalue weighted by Gasteiger charge is 2.12. The molecule has 0 aliphatic rings. The third-order valence-electron chi connectivity index (χ3n) is 2.63. The molecule has 9 heteroatoms. The summed E-state index contributed by atoms with van der Waals surface area (Å²) in [6, 6.07) is 0. The molecule has 2 aromatic heterocycles. The predicted molar refractivity (Wildman–Crippen MR) is 73.5 cm³/mol. The SMILES string of the molecule is CCOCCN(CC)c1nc(N)nc(-n2cncn2)n1. The molecule has 0 radical (unpaired) electrons. The Balaban J connectivity index is 2.21. The van der Waals surface area contributed by atoms with Crippen molar-refractivity contribution in [1.82, 2.24) is 29.7 Å². The van der Waals surface area contributed by atoms with Crippen LogP contribution in [-0.2, 0) is 4.74 Å². The van der Waals surface area contributed by atoms with Gasteiger partial charge >= 0.3 is 0 Å². The lowest BCUT2D eigenvalue weighted by Gasteiger charge is -2.20. The Morgan fingerprint density at radius 2 is 2.15 bits per heavy atom. The van der Waals surface area contributed by atoms with E-state index in [0.717, 1.165) is 6.54 Å². The third-order valence-corrected chi connectivity index (χ3v) is 2.63. The summed E-state index contributed by atoms with van der Waals surface area (Å²) in [5, 5.41) is 3.98. The van der Waals surface area contributed by atoms with Gasteiger partial charge in [0.15, 0.2) is 0 Å². The van der Waals surface area contributed by atoms with Gasteiger partial charge in [-0.25, -0.2) is 4.98 Å². The molecule has 0 aliphatic heterocycles. The van der Waals surface area contributed by atoms with Gasteiger partial charge in [0.1, 0.15) is 12.7 Å². The number of nitrogens with zero attached hydrogens (tertiary/aromatic N) is 7. The first kappa shape index (κ1) is 14.1. The summed E-state index contributed by atoms with van der Waals surface area (Å²) >= 11 is 0. The van der Waals surface area contributed by atoms with Crippen LogP contribution < -0.4 is 10.6 Å². The fraction of sp³-hybridized carbons (Fsp3) is 0.545. The lowest BCUT2D eigenvalue weighted by atomic mass is 10.5. The van der Waals surface area contributed by atoms with E-state index in [-0.39, 0.29) is 5.95 Å². The normalized spacial score (nSPS) is 10.7. The molecule has 9 nitrogen and oxygen atoms in total. The molecule has 0 spiro atoms. The van der Waals surface area contributed by atoms with E-state index in [1.807, 2.05) is 18.7 Å². The van der Waals surface area contributed by atoms with Gasteiger partial charge in [-0.1, -0.05) is 0 Å². The van der Waals surface area contributed by atoms with E-state index in [0.29, 0.717) is 31.7 Å². The second kappa shape index (κ2) is 6.75. The van der Waals surface area contributed by atoms with E-state index in [1.54, 1.807) is 0 Å². The number of hydrogen-bond acceptors (Lipinski definition) is 8. The van der Waals surface area contributed by atoms with Crippen LogP contribution in [0.2, 0.25) is 0 Å². The maximum atomic E-state index is 5.73. The molecule has 0 unspecified atom stereocenters. The smallest absolute Gasteiger partial charge is 0.258 e. The molecule has 2 aromatic rings. The van der Waals surface area contributed by atoms with Gasteiger partial charge in [-0.3, -0.25) is 0 Å². The van der Waals surface area contributed by atoms with Crippen LogP contribution in [0.3, 0.4) is 0 Å². The number of nitrogens with two attached hydrogens (primary N) is 1. The van der Waals surface area contributed by atoms with Crippen LogP contribution in [0.5, 0.6) is 0 Å². The monoisotopic (exact) mass is 278 g/mol. The first-order chi connectivity index (χ1) is 9.74. The fourth-order valence-electron chi connectivity index (χ4n) is 1.64. The van der Waals surface area contributed by atoms with Crippen molar-refractivity contribution >= 4 is 11.9 Å². The van der Waals surface area contributed by atoms with Crippen LogP contribution in [0.15, 0.2) is 12.7 Å². The lowest BCUT2D eigenvalue weighted by Crippen LogP contribution is -2.29. The Bertz CT molecular complexity index is 529. The molecule has 0 saturated heterocycles. The highest BCUT2D eigenvalue weighted by atomic mass is 16.5. The zero-order valence-corrected chi connectivity index (χ0v) is 11.6. The molecule has 0 saturated carbocycles. The van der Waals surface area contributed by atoms with Crippen molar-refractivity contribution in [1.29, 1.82) is 0 Å². The minimum Gasteiger partial charge on any atom is -0.380 e. The van der Waals surface area contributed by atoms with Gasteiger partial charge in [0.05, 0.1) is 6.61 Å². The lowest BCUT2D eigenvalue weighted by molar-refractivity contribution is 0.153. The molecule has 0 amide bonds. The molecule has 0 bridgehead atoms. The Kier molecular flexibility index (Phi) is 4.77. The molecule has 0 atom stereocenters. The molecule has 2 rings (SSSR count). The molecule has 0 aromatic carbocycles. The molecule has 108 valence electrons. The van der Waals surface area contributed by atoms with Gasteiger partial charge < -0.3 is 15.4 Å². The van der Waals surface area contributed by atoms with Crippen LogP contribution in [0.4, 0.5) is 11.9 Å². The van der Waals surface area contributed by atoms with Crippen molar-refractivity contribution in [2.24, 2.45) is 0 Å². The zero-order valence-electron chi connectivity index (χ0n) is 11.6. The second-order valence-corrected chi connectivity index (χ2v) is 3.91. The summed E-state index contributed by atoms with van der Waals surface area (Å²) in [4.78, 5) is 18.4. The van der Waals surface area contributed by atoms with Gasteiger partial charge in [0.2, 0.25) is 11.9 Å². The van der Waals surface area contributed by atoms with E-state index in [4.69, 9.17) is 10.5 Å². The summed E-state index contributed by atoms with van der Waals surface area (Å²) in [6.45, 7) is 6.69. The van der Waals surface area contributed by atoms with E-state index in [9.17, 15) is 0 Å². The highest BCUT2D eigenvalue weighted by Crippen LogP contribution is 2.10. The first-order valence-corrected chi connectivity index (χ1v) is 6.43. The molecule has 0 aliphatic carbocycles. The largest absolute Gasteiger partial charge is 0.380 e. The van der Waals surface area contributed by atoms with Crippen LogP contribution in [0, 0.1) is 0 Å². The van der Waals surface area contributed by atoms with Crippen LogP contribution >= 0.6 is 0 Å². The van der Waals surface area contributed by atoms with E-state index in [2.05, 4.69) is 25.0 Å². The van der Waals surface area contributed by atoms with E-state index >= 15 is 0 Å². The summed E-state index contributed by atoms with van der Waals surface area (Å²) in [6.07, 6.45) is 2.92. The number of likely N-dealkylation sites (N-methyl/N-ethyl adjacent to an activating group) is 1. The maximum Gasteiger partial charge on any atom is 0.258 e. The molecular weight excluding hydrogens is 260 g/mol. The first-order valence-electron chi connectivity index (χ1n) is 6.43. The van der Waals surface area contributed by atoms with Crippen LogP contribution in [0.25, 0.3) is 5.95 Å². The number of nitrogen functional groups attached to an aromatic ring is 1. The molecular formula is C11H18N8O. The molecule has 2 N–H and O–H groups in total. The summed E-state index contributed by atoms with van der Waals surface area (Å²) < 4.78 is 6.79. The quantitative estimate of drug-likeness (QED) is 0.699. The molecule has 20 heavy (non-hydrogen) atoms. The van der Waals surface area contributed by atoms with Crippen molar-refractivity contribution in [2.45, 2.75) is 13.8 Å². The van der Waals surface area contributed by atoms with Gasteiger partial charge in [-0.2, -0.15) is 24.7 Å². The molecule has 0 fully saturated rings. The molecule has 2 heterocycles. The number of aromatic nitrogens is 6. The van der Waals surface area contributed by atoms with Crippen molar-refractivity contribution in [3.63, 3.8) is 0 Å². The Morgan fingerprint density at radius 1 is 1.30 bits per heavy atom. The highest BCUT2D eigenvalue weighted by molar-refractivity contribution is 5.37. The number of anilines is 2. The van der Waals surface area contributed by atoms with Crippen LogP contribution in [-0.4, -0.2) is 56.0 Å². The Labute approximate surface area is 116 Å². The van der Waals surface area contributed by atoms with Crippen molar-refractivity contribution in [3.8, 4) is 5.95 Å². The fourth-order valence-corrected chi connectivity index (χ4v) is 1.64. The van der Waals surface area contributed by atoms with Crippen molar-refractivity contribution in [2.75, 3.05) is 36.9 Å². The van der Waals surface area contributed by atoms with Crippen molar-refractivity contribution < 1.29 is 4.74 Å². The van der Waals surface area contributed by atoms with E-state index < -0.39 is 0 Å². The standard InChI is InChI=1S/C11H18N8O/c1-3-18(5-6-20-4-2)10-15-9(12)16-11(17-10)19-8-13-7-14-19/h7-8H,3-6H2,1-2H3,(H2,12,15,16,17). The topological polar surface area (TPSA) is 108 Å². The van der Waals surface area contributed by atoms with Gasteiger partial charge in [-0.05, 0) is 13.8 Å². The number of rotatable bonds is 7. The number of hydrogen-bond donors (Lipinski definition) is 1. The second-order valence-electron chi connectivity index (χ2n) is 3.91. The minimum absolute atomic E-state index is 0.148. The summed E-state index contributed by atoms with van der Waals surface area (Å²) in [5.41, 5.74) is 5.73. The number of ether oxygens (including phenoxy) is 1. The van der Waals surface area contributed by atoms with Gasteiger partial charge in [-0.15, -0.1) is 0 Å². The third kappa shape index (κ3) is 3.38. The average Bonchev–Trinajstić information content (AvgIpc) is 2.97. The Hall–Kier alpha value is -2.29. The summed E-state index contributed by atoms with van der Waals surface area (Å²) in [7, 11) is 0. The minimum atomic E-state index is 0.148. The van der Waals surface area contributed by atoms with Gasteiger partial charge in [0, 0.05) is 19.7 Å². The van der Waals surface area contributed by atoms with Crippen molar-refractivity contribution in [3.05, 3.63) is 12.7 Å².